The molecule has 1 aromatic rings. The summed E-state index contributed by atoms with van der Waals surface area (Å²) >= 11 is 0. The molecule has 0 bridgehead atoms. The molecular formula is C13H21ClN2O. The summed E-state index contributed by atoms with van der Waals surface area (Å²) in [5, 5.41) is 2.97. The molecule has 2 atom stereocenters. The maximum absolute atomic E-state index is 11.7. The van der Waals surface area contributed by atoms with E-state index in [0.29, 0.717) is 6.42 Å². The van der Waals surface area contributed by atoms with E-state index in [1.165, 1.54) is 0 Å². The third-order valence-electron chi connectivity index (χ3n) is 2.70. The molecule has 0 saturated heterocycles. The van der Waals surface area contributed by atoms with Crippen LogP contribution in [0.25, 0.3) is 0 Å². The van der Waals surface area contributed by atoms with E-state index in [2.05, 4.69) is 12.2 Å². The normalized spacial score (nSPS) is 13.4. The molecule has 1 amide bonds. The molecule has 0 aliphatic rings. The van der Waals surface area contributed by atoms with Crippen LogP contribution < -0.4 is 11.1 Å². The van der Waals surface area contributed by atoms with Gasteiger partial charge in [-0.1, -0.05) is 44.2 Å². The Morgan fingerprint density at radius 3 is 2.29 bits per heavy atom. The van der Waals surface area contributed by atoms with Crippen LogP contribution in [0.5, 0.6) is 0 Å². The minimum absolute atomic E-state index is 0. The van der Waals surface area contributed by atoms with Crippen LogP contribution in [0.15, 0.2) is 30.3 Å². The second-order valence-corrected chi connectivity index (χ2v) is 3.89. The lowest BCUT2D eigenvalue weighted by Gasteiger charge is -2.19. The highest BCUT2D eigenvalue weighted by atomic mass is 35.5. The first-order valence-electron chi connectivity index (χ1n) is 5.79. The van der Waals surface area contributed by atoms with Gasteiger partial charge < -0.3 is 11.1 Å². The largest absolute Gasteiger partial charge is 0.348 e. The van der Waals surface area contributed by atoms with Crippen molar-refractivity contribution in [1.82, 2.24) is 5.32 Å². The first-order valence-corrected chi connectivity index (χ1v) is 5.79. The average molecular weight is 257 g/mol. The van der Waals surface area contributed by atoms with Gasteiger partial charge in [-0.3, -0.25) is 4.79 Å². The van der Waals surface area contributed by atoms with E-state index < -0.39 is 6.04 Å². The van der Waals surface area contributed by atoms with Crippen LogP contribution in [0.3, 0.4) is 0 Å². The van der Waals surface area contributed by atoms with Crippen LogP contribution >= 0.6 is 12.4 Å². The van der Waals surface area contributed by atoms with E-state index in [9.17, 15) is 4.79 Å². The lowest BCUT2D eigenvalue weighted by atomic mass is 10.0. The smallest absolute Gasteiger partial charge is 0.237 e. The van der Waals surface area contributed by atoms with Gasteiger partial charge in [0.2, 0.25) is 5.91 Å². The predicted octanol–water partition coefficient (Wildman–Crippen LogP) is 2.41. The first kappa shape index (κ1) is 15.9. The van der Waals surface area contributed by atoms with Crippen LogP contribution in [0.2, 0.25) is 0 Å². The minimum atomic E-state index is -0.405. The van der Waals surface area contributed by atoms with Crippen molar-refractivity contribution in [3.05, 3.63) is 35.9 Å². The van der Waals surface area contributed by atoms with Gasteiger partial charge in [0.05, 0.1) is 12.1 Å². The molecule has 0 fully saturated rings. The number of benzene rings is 1. The van der Waals surface area contributed by atoms with Gasteiger partial charge in [0.25, 0.3) is 0 Å². The van der Waals surface area contributed by atoms with Crippen LogP contribution in [0.4, 0.5) is 0 Å². The summed E-state index contributed by atoms with van der Waals surface area (Å²) in [6.07, 6.45) is 1.53. The molecule has 4 heteroatoms. The van der Waals surface area contributed by atoms with Crippen LogP contribution in [-0.4, -0.2) is 11.9 Å². The molecular weight excluding hydrogens is 236 g/mol. The lowest BCUT2D eigenvalue weighted by Crippen LogP contribution is -2.41. The third-order valence-corrected chi connectivity index (χ3v) is 2.70. The molecule has 0 aliphatic carbocycles. The fourth-order valence-electron chi connectivity index (χ4n) is 1.57. The van der Waals surface area contributed by atoms with Crippen molar-refractivity contribution >= 4 is 18.3 Å². The number of rotatable bonds is 5. The molecule has 0 saturated carbocycles. The number of hydrogen-bond acceptors (Lipinski definition) is 2. The molecule has 0 aliphatic heterocycles. The monoisotopic (exact) mass is 256 g/mol. The summed E-state index contributed by atoms with van der Waals surface area (Å²) in [6, 6.07) is 9.62. The summed E-state index contributed by atoms with van der Waals surface area (Å²) in [5.74, 6) is -0.0711. The molecule has 1 aromatic carbocycles. The number of hydrogen-bond donors (Lipinski definition) is 2. The molecule has 0 radical (unpaired) electrons. The van der Waals surface area contributed by atoms with Crippen molar-refractivity contribution < 1.29 is 4.79 Å². The summed E-state index contributed by atoms with van der Waals surface area (Å²) in [5.41, 5.74) is 6.81. The number of amides is 1. The number of nitrogens with one attached hydrogen (secondary N) is 1. The van der Waals surface area contributed by atoms with Gasteiger partial charge in [-0.25, -0.2) is 0 Å². The van der Waals surface area contributed by atoms with Gasteiger partial charge in [0, 0.05) is 0 Å². The second-order valence-electron chi connectivity index (χ2n) is 3.89. The molecule has 0 heterocycles. The van der Waals surface area contributed by atoms with Gasteiger partial charge in [0.15, 0.2) is 0 Å². The fraction of sp³-hybridized carbons (Fsp3) is 0.462. The summed E-state index contributed by atoms with van der Waals surface area (Å²) in [7, 11) is 0. The highest BCUT2D eigenvalue weighted by Gasteiger charge is 2.16. The zero-order valence-corrected chi connectivity index (χ0v) is 11.2. The van der Waals surface area contributed by atoms with Gasteiger partial charge in [-0.15, -0.1) is 12.4 Å². The van der Waals surface area contributed by atoms with E-state index >= 15 is 0 Å². The number of carbonyl (C=O) groups is 1. The lowest BCUT2D eigenvalue weighted by molar-refractivity contribution is -0.123. The minimum Gasteiger partial charge on any atom is -0.348 e. The summed E-state index contributed by atoms with van der Waals surface area (Å²) in [4.78, 5) is 11.7. The van der Waals surface area contributed by atoms with E-state index in [0.717, 1.165) is 12.0 Å². The van der Waals surface area contributed by atoms with Gasteiger partial charge in [-0.2, -0.15) is 0 Å². The molecule has 0 spiro atoms. The average Bonchev–Trinajstić information content (AvgIpc) is 2.35. The topological polar surface area (TPSA) is 55.1 Å². The Hall–Kier alpha value is -1.06. The summed E-state index contributed by atoms with van der Waals surface area (Å²) < 4.78 is 0. The zero-order valence-electron chi connectivity index (χ0n) is 10.3. The number of nitrogens with two attached hydrogens (primary N) is 1. The maximum atomic E-state index is 11.7. The Bertz CT molecular complexity index is 329. The Kier molecular flexibility index (Phi) is 7.59. The molecule has 1 unspecified atom stereocenters. The predicted molar refractivity (Wildman–Crippen MR) is 73.1 cm³/mol. The van der Waals surface area contributed by atoms with E-state index in [1.807, 2.05) is 37.3 Å². The Morgan fingerprint density at radius 2 is 1.82 bits per heavy atom. The Labute approximate surface area is 109 Å². The maximum Gasteiger partial charge on any atom is 0.237 e. The quantitative estimate of drug-likeness (QED) is 0.850. The number of carbonyl (C=O) groups excluding carboxylic acids is 1. The van der Waals surface area contributed by atoms with E-state index in [1.54, 1.807) is 0 Å². The van der Waals surface area contributed by atoms with Crippen molar-refractivity contribution in [1.29, 1.82) is 0 Å². The van der Waals surface area contributed by atoms with Crippen molar-refractivity contribution in [2.75, 3.05) is 0 Å². The van der Waals surface area contributed by atoms with Crippen molar-refractivity contribution in [2.45, 2.75) is 38.8 Å². The Morgan fingerprint density at radius 1 is 1.24 bits per heavy atom. The van der Waals surface area contributed by atoms with E-state index in [-0.39, 0.29) is 24.4 Å². The first-order chi connectivity index (χ1) is 7.69. The van der Waals surface area contributed by atoms with Crippen molar-refractivity contribution in [3.63, 3.8) is 0 Å². The highest BCUT2D eigenvalue weighted by molar-refractivity contribution is 5.85. The van der Waals surface area contributed by atoms with Gasteiger partial charge in [-0.05, 0) is 18.4 Å². The van der Waals surface area contributed by atoms with Gasteiger partial charge >= 0.3 is 0 Å². The van der Waals surface area contributed by atoms with Gasteiger partial charge in [0.1, 0.15) is 0 Å². The summed E-state index contributed by atoms with van der Waals surface area (Å²) in [6.45, 7) is 3.96. The van der Waals surface area contributed by atoms with E-state index in [4.69, 9.17) is 5.73 Å². The zero-order chi connectivity index (χ0) is 12.0. The molecule has 3 nitrogen and oxygen atoms in total. The standard InChI is InChI=1S/C13H20N2O.ClH/c1-3-11(14)13(16)15-12(4-2)10-8-6-5-7-9-10;/h5-9,11-12H,3-4,14H2,1-2H3,(H,15,16);1H/t11-,12?;/m0./s1. The SMILES string of the molecule is CCC(NC(=O)[C@@H](N)CC)c1ccccc1.Cl. The Balaban J connectivity index is 0.00000256. The van der Waals surface area contributed by atoms with Crippen LogP contribution in [0.1, 0.15) is 38.3 Å². The van der Waals surface area contributed by atoms with Crippen LogP contribution in [-0.2, 0) is 4.79 Å². The molecule has 3 N–H and O–H groups in total. The van der Waals surface area contributed by atoms with Crippen molar-refractivity contribution in [2.24, 2.45) is 5.73 Å². The molecule has 0 aromatic heterocycles. The second kappa shape index (κ2) is 8.09. The van der Waals surface area contributed by atoms with Crippen molar-refractivity contribution in [3.8, 4) is 0 Å². The fourth-order valence-corrected chi connectivity index (χ4v) is 1.57. The molecule has 1 rings (SSSR count). The highest BCUT2D eigenvalue weighted by Crippen LogP contribution is 2.15. The molecule has 17 heavy (non-hydrogen) atoms. The number of halogens is 1. The third kappa shape index (κ3) is 4.75. The van der Waals surface area contributed by atoms with Crippen LogP contribution in [0, 0.1) is 0 Å². The molecule has 96 valence electrons.